The van der Waals surface area contributed by atoms with Gasteiger partial charge >= 0.3 is 6.09 Å². The zero-order valence-electron chi connectivity index (χ0n) is 14.6. The molecule has 1 fully saturated rings. The molecule has 0 bridgehead atoms. The summed E-state index contributed by atoms with van der Waals surface area (Å²) in [5.41, 5.74) is 0. The highest BCUT2D eigenvalue weighted by Crippen LogP contribution is 2.21. The Bertz CT molecular complexity index is 1070. The van der Waals surface area contributed by atoms with E-state index in [9.17, 15) is 21.6 Å². The van der Waals surface area contributed by atoms with Crippen LogP contribution in [0, 0.1) is 0 Å². The predicted octanol–water partition coefficient (Wildman–Crippen LogP) is 1.03. The number of ether oxygens (including phenoxy) is 1. The van der Waals surface area contributed by atoms with Crippen LogP contribution in [0.5, 0.6) is 0 Å². The molecular formula is C17H20N2O6S2. The zero-order chi connectivity index (χ0) is 19.7. The highest BCUT2D eigenvalue weighted by molar-refractivity contribution is 7.92. The minimum absolute atomic E-state index is 0.0281. The number of alkyl carbamates (subject to hydrolysis) is 1. The third-order valence-electron chi connectivity index (χ3n) is 4.27. The SMILES string of the molecule is CCOC(=O)N[C@@H]1CS(=O)(=O)C[C@H]1NS(=O)(=O)c1ccc2ccccc2c1. The summed E-state index contributed by atoms with van der Waals surface area (Å²) in [5, 5.41) is 4.06. The average molecular weight is 412 g/mol. The molecule has 0 unspecified atom stereocenters. The largest absolute Gasteiger partial charge is 0.450 e. The van der Waals surface area contributed by atoms with E-state index >= 15 is 0 Å². The molecule has 2 atom stereocenters. The number of sulfonamides is 1. The maximum absolute atomic E-state index is 12.8. The Morgan fingerprint density at radius 1 is 1.11 bits per heavy atom. The predicted molar refractivity (Wildman–Crippen MR) is 101 cm³/mol. The molecule has 0 spiro atoms. The van der Waals surface area contributed by atoms with E-state index in [1.807, 2.05) is 12.1 Å². The van der Waals surface area contributed by atoms with Gasteiger partial charge in [-0.15, -0.1) is 0 Å². The van der Waals surface area contributed by atoms with Crippen LogP contribution in [0.4, 0.5) is 4.79 Å². The van der Waals surface area contributed by atoms with Crippen LogP contribution in [0.2, 0.25) is 0 Å². The number of rotatable bonds is 5. The van der Waals surface area contributed by atoms with Gasteiger partial charge in [-0.1, -0.05) is 30.3 Å². The van der Waals surface area contributed by atoms with E-state index in [1.165, 1.54) is 12.1 Å². The minimum atomic E-state index is -3.97. The fraction of sp³-hybridized carbons (Fsp3) is 0.353. The Balaban J connectivity index is 1.84. The summed E-state index contributed by atoms with van der Waals surface area (Å²) in [5.74, 6) is -0.742. The maximum Gasteiger partial charge on any atom is 0.407 e. The van der Waals surface area contributed by atoms with E-state index in [-0.39, 0.29) is 17.3 Å². The van der Waals surface area contributed by atoms with Crippen molar-refractivity contribution in [3.05, 3.63) is 42.5 Å². The second kappa shape index (κ2) is 7.45. The van der Waals surface area contributed by atoms with Gasteiger partial charge in [0.05, 0.1) is 35.1 Å². The van der Waals surface area contributed by atoms with Gasteiger partial charge in [-0.3, -0.25) is 0 Å². The van der Waals surface area contributed by atoms with Crippen molar-refractivity contribution in [2.24, 2.45) is 0 Å². The molecule has 2 N–H and O–H groups in total. The molecule has 3 rings (SSSR count). The molecule has 8 nitrogen and oxygen atoms in total. The first-order valence-electron chi connectivity index (χ1n) is 8.35. The molecule has 0 radical (unpaired) electrons. The van der Waals surface area contributed by atoms with Gasteiger partial charge in [0.1, 0.15) is 0 Å². The Hall–Kier alpha value is -2.17. The van der Waals surface area contributed by atoms with Gasteiger partial charge in [-0.05, 0) is 29.8 Å². The van der Waals surface area contributed by atoms with Crippen molar-refractivity contribution in [2.75, 3.05) is 18.1 Å². The zero-order valence-corrected chi connectivity index (χ0v) is 16.2. The first-order chi connectivity index (χ1) is 12.7. The van der Waals surface area contributed by atoms with E-state index in [0.717, 1.165) is 10.8 Å². The molecule has 1 heterocycles. The number of hydrogen-bond donors (Lipinski definition) is 2. The number of sulfone groups is 1. The molecule has 10 heteroatoms. The van der Waals surface area contributed by atoms with Gasteiger partial charge in [0.25, 0.3) is 0 Å². The molecule has 2 aromatic rings. The van der Waals surface area contributed by atoms with Crippen LogP contribution >= 0.6 is 0 Å². The van der Waals surface area contributed by atoms with Crippen molar-refractivity contribution in [2.45, 2.75) is 23.9 Å². The number of carbonyl (C=O) groups excluding carboxylic acids is 1. The third-order valence-corrected chi connectivity index (χ3v) is 7.49. The lowest BCUT2D eigenvalue weighted by molar-refractivity contribution is 0.148. The van der Waals surface area contributed by atoms with Crippen LogP contribution in [-0.4, -0.2) is 53.1 Å². The molecule has 1 aliphatic rings. The lowest BCUT2D eigenvalue weighted by Gasteiger charge is -2.20. The van der Waals surface area contributed by atoms with Crippen LogP contribution in [-0.2, 0) is 24.6 Å². The van der Waals surface area contributed by atoms with Crippen molar-refractivity contribution < 1.29 is 26.4 Å². The van der Waals surface area contributed by atoms with E-state index in [4.69, 9.17) is 4.74 Å². The smallest absolute Gasteiger partial charge is 0.407 e. The Morgan fingerprint density at radius 2 is 1.78 bits per heavy atom. The highest BCUT2D eigenvalue weighted by atomic mass is 32.2. The quantitative estimate of drug-likeness (QED) is 0.757. The van der Waals surface area contributed by atoms with Gasteiger partial charge in [0.2, 0.25) is 10.0 Å². The Labute approximate surface area is 157 Å². The number of fused-ring (bicyclic) bond motifs is 1. The van der Waals surface area contributed by atoms with E-state index in [0.29, 0.717) is 0 Å². The highest BCUT2D eigenvalue weighted by Gasteiger charge is 2.41. The molecule has 146 valence electrons. The van der Waals surface area contributed by atoms with Crippen LogP contribution in [0.3, 0.4) is 0 Å². The van der Waals surface area contributed by atoms with E-state index in [2.05, 4.69) is 10.0 Å². The minimum Gasteiger partial charge on any atom is -0.450 e. The third kappa shape index (κ3) is 4.57. The number of nitrogens with one attached hydrogen (secondary N) is 2. The van der Waals surface area contributed by atoms with Crippen molar-refractivity contribution in [1.29, 1.82) is 0 Å². The summed E-state index contributed by atoms with van der Waals surface area (Å²) in [6, 6.07) is 10.1. The lowest BCUT2D eigenvalue weighted by Crippen LogP contribution is -2.50. The molecule has 0 saturated carbocycles. The van der Waals surface area contributed by atoms with E-state index < -0.39 is 43.8 Å². The van der Waals surface area contributed by atoms with Crippen molar-refractivity contribution in [1.82, 2.24) is 10.0 Å². The molecule has 0 aromatic heterocycles. The molecule has 1 saturated heterocycles. The number of amides is 1. The summed E-state index contributed by atoms with van der Waals surface area (Å²) in [6.45, 7) is 1.74. The Kier molecular flexibility index (Phi) is 5.41. The van der Waals surface area contributed by atoms with Gasteiger partial charge in [0, 0.05) is 0 Å². The van der Waals surface area contributed by atoms with E-state index in [1.54, 1.807) is 25.1 Å². The van der Waals surface area contributed by atoms with Gasteiger partial charge < -0.3 is 10.1 Å². The standard InChI is InChI=1S/C17H20N2O6S2/c1-2-25-17(20)18-15-10-26(21,22)11-16(15)19-27(23,24)14-8-7-12-5-3-4-6-13(12)9-14/h3-9,15-16,19H,2,10-11H2,1H3,(H,18,20)/t15-,16-/m1/s1. The van der Waals surface area contributed by atoms with Crippen LogP contribution < -0.4 is 10.0 Å². The topological polar surface area (TPSA) is 119 Å². The molecule has 1 aliphatic heterocycles. The molecular weight excluding hydrogens is 392 g/mol. The number of carbonyl (C=O) groups is 1. The average Bonchev–Trinajstić information content (AvgIpc) is 2.87. The molecule has 1 amide bonds. The van der Waals surface area contributed by atoms with Crippen LogP contribution in [0.15, 0.2) is 47.4 Å². The van der Waals surface area contributed by atoms with Crippen molar-refractivity contribution in [3.63, 3.8) is 0 Å². The van der Waals surface area contributed by atoms with Gasteiger partial charge in [-0.2, -0.15) is 0 Å². The van der Waals surface area contributed by atoms with Crippen molar-refractivity contribution in [3.8, 4) is 0 Å². The fourth-order valence-electron chi connectivity index (χ4n) is 3.03. The van der Waals surface area contributed by atoms with Crippen LogP contribution in [0.25, 0.3) is 10.8 Å². The normalized spacial score (nSPS) is 21.8. The maximum atomic E-state index is 12.8. The second-order valence-corrected chi connectivity index (χ2v) is 10.2. The lowest BCUT2D eigenvalue weighted by atomic mass is 10.1. The Morgan fingerprint density at radius 3 is 2.48 bits per heavy atom. The number of benzene rings is 2. The monoisotopic (exact) mass is 412 g/mol. The molecule has 0 aliphatic carbocycles. The van der Waals surface area contributed by atoms with Crippen molar-refractivity contribution >= 4 is 36.7 Å². The summed E-state index contributed by atoms with van der Waals surface area (Å²) >= 11 is 0. The van der Waals surface area contributed by atoms with Gasteiger partial charge in [0.15, 0.2) is 9.84 Å². The fourth-order valence-corrected chi connectivity index (χ4v) is 6.31. The first-order valence-corrected chi connectivity index (χ1v) is 11.7. The summed E-state index contributed by atoms with van der Waals surface area (Å²) in [7, 11) is -7.46. The second-order valence-electron chi connectivity index (χ2n) is 6.28. The van der Waals surface area contributed by atoms with Crippen LogP contribution in [0.1, 0.15) is 6.92 Å². The summed E-state index contributed by atoms with van der Waals surface area (Å²) in [4.78, 5) is 11.7. The summed E-state index contributed by atoms with van der Waals surface area (Å²) < 4.78 is 56.6. The molecule has 27 heavy (non-hydrogen) atoms. The number of hydrogen-bond acceptors (Lipinski definition) is 6. The van der Waals surface area contributed by atoms with Gasteiger partial charge in [-0.25, -0.2) is 26.4 Å². The first kappa shape index (κ1) is 19.6. The summed E-state index contributed by atoms with van der Waals surface area (Å²) in [6.07, 6.45) is -0.783. The molecule has 2 aromatic carbocycles.